The predicted molar refractivity (Wildman–Crippen MR) is 105 cm³/mol. The van der Waals surface area contributed by atoms with Gasteiger partial charge in [0.1, 0.15) is 6.04 Å². The summed E-state index contributed by atoms with van der Waals surface area (Å²) >= 11 is 0. The van der Waals surface area contributed by atoms with Crippen molar-refractivity contribution in [1.82, 2.24) is 15.6 Å². The van der Waals surface area contributed by atoms with Crippen LogP contribution in [0.5, 0.6) is 5.88 Å². The molecule has 0 spiro atoms. The van der Waals surface area contributed by atoms with Gasteiger partial charge in [-0.25, -0.2) is 4.98 Å². The van der Waals surface area contributed by atoms with Crippen molar-refractivity contribution in [2.45, 2.75) is 40.3 Å². The number of benzene rings is 1. The van der Waals surface area contributed by atoms with Crippen LogP contribution in [0.15, 0.2) is 42.6 Å². The standard InChI is InChI=1S/C21H27N3O3/c1-5-27-18-12-16(10-11-22-18)13-23-21(26)19(14(2)3)24-20(25)17-9-7-6-8-15(17)4/h6-12,14,19H,5,13H2,1-4H3,(H,23,26)(H,24,25). The molecule has 0 fully saturated rings. The maximum Gasteiger partial charge on any atom is 0.252 e. The normalized spacial score (nSPS) is 11.7. The van der Waals surface area contributed by atoms with Crippen LogP contribution in [0.25, 0.3) is 0 Å². The predicted octanol–water partition coefficient (Wildman–Crippen LogP) is 2.86. The molecule has 0 aliphatic rings. The molecule has 6 nitrogen and oxygen atoms in total. The first-order valence-electron chi connectivity index (χ1n) is 9.14. The Morgan fingerprint density at radius 2 is 1.93 bits per heavy atom. The van der Waals surface area contributed by atoms with E-state index in [1.165, 1.54) is 0 Å². The van der Waals surface area contributed by atoms with Crippen molar-refractivity contribution in [3.63, 3.8) is 0 Å². The largest absolute Gasteiger partial charge is 0.478 e. The van der Waals surface area contributed by atoms with Gasteiger partial charge in [-0.15, -0.1) is 0 Å². The number of aryl methyl sites for hydroxylation is 1. The molecule has 6 heteroatoms. The lowest BCUT2D eigenvalue weighted by atomic mass is 10.0. The number of hydrogen-bond donors (Lipinski definition) is 2. The Kier molecular flexibility index (Phi) is 7.34. The lowest BCUT2D eigenvalue weighted by molar-refractivity contribution is -0.124. The molecule has 0 aliphatic carbocycles. The zero-order chi connectivity index (χ0) is 19.8. The van der Waals surface area contributed by atoms with Gasteiger partial charge in [0.15, 0.2) is 0 Å². The molecule has 0 radical (unpaired) electrons. The van der Waals surface area contributed by atoms with Crippen molar-refractivity contribution in [2.24, 2.45) is 5.92 Å². The summed E-state index contributed by atoms with van der Waals surface area (Å²) in [4.78, 5) is 29.3. The van der Waals surface area contributed by atoms with E-state index in [1.54, 1.807) is 18.3 Å². The fourth-order valence-electron chi connectivity index (χ4n) is 2.67. The summed E-state index contributed by atoms with van der Waals surface area (Å²) in [5.41, 5.74) is 2.33. The molecular weight excluding hydrogens is 342 g/mol. The smallest absolute Gasteiger partial charge is 0.252 e. The number of ether oxygens (including phenoxy) is 1. The molecule has 2 rings (SSSR count). The summed E-state index contributed by atoms with van der Waals surface area (Å²) in [6.07, 6.45) is 1.65. The summed E-state index contributed by atoms with van der Waals surface area (Å²) in [7, 11) is 0. The van der Waals surface area contributed by atoms with Crippen LogP contribution >= 0.6 is 0 Å². The van der Waals surface area contributed by atoms with Gasteiger partial charge in [0.05, 0.1) is 6.61 Å². The molecule has 144 valence electrons. The van der Waals surface area contributed by atoms with Gasteiger partial charge in [0, 0.05) is 24.4 Å². The van der Waals surface area contributed by atoms with Crippen LogP contribution in [0.3, 0.4) is 0 Å². The van der Waals surface area contributed by atoms with Crippen molar-refractivity contribution >= 4 is 11.8 Å². The highest BCUT2D eigenvalue weighted by Gasteiger charge is 2.25. The Hall–Kier alpha value is -2.89. The van der Waals surface area contributed by atoms with E-state index in [0.717, 1.165) is 11.1 Å². The molecule has 2 aromatic rings. The van der Waals surface area contributed by atoms with Gasteiger partial charge in [-0.05, 0) is 43.0 Å². The fraction of sp³-hybridized carbons (Fsp3) is 0.381. The third-order valence-electron chi connectivity index (χ3n) is 4.18. The molecule has 0 bridgehead atoms. The molecule has 1 aromatic carbocycles. The van der Waals surface area contributed by atoms with Crippen molar-refractivity contribution in [3.05, 3.63) is 59.3 Å². The first-order valence-corrected chi connectivity index (χ1v) is 9.14. The monoisotopic (exact) mass is 369 g/mol. The minimum absolute atomic E-state index is 0.0469. The Bertz CT molecular complexity index is 790. The number of amides is 2. The second-order valence-corrected chi connectivity index (χ2v) is 6.66. The maximum atomic E-state index is 12.6. The molecule has 1 unspecified atom stereocenters. The number of hydrogen-bond acceptors (Lipinski definition) is 4. The number of pyridine rings is 1. The molecule has 2 amide bonds. The number of nitrogens with one attached hydrogen (secondary N) is 2. The van der Waals surface area contributed by atoms with Gasteiger partial charge in [-0.3, -0.25) is 9.59 Å². The molecule has 27 heavy (non-hydrogen) atoms. The number of rotatable bonds is 8. The van der Waals surface area contributed by atoms with E-state index >= 15 is 0 Å². The van der Waals surface area contributed by atoms with E-state index < -0.39 is 6.04 Å². The third-order valence-corrected chi connectivity index (χ3v) is 4.18. The topological polar surface area (TPSA) is 80.3 Å². The van der Waals surface area contributed by atoms with Crippen LogP contribution in [0.1, 0.15) is 42.3 Å². The first-order chi connectivity index (χ1) is 12.9. The molecule has 1 aromatic heterocycles. The van der Waals surface area contributed by atoms with Crippen LogP contribution in [0, 0.1) is 12.8 Å². The van der Waals surface area contributed by atoms with Crippen LogP contribution in [0.2, 0.25) is 0 Å². The van der Waals surface area contributed by atoms with E-state index in [1.807, 2.05) is 52.0 Å². The third kappa shape index (κ3) is 5.81. The van der Waals surface area contributed by atoms with Gasteiger partial charge in [0.25, 0.3) is 5.91 Å². The highest BCUT2D eigenvalue weighted by Crippen LogP contribution is 2.11. The number of aromatic nitrogens is 1. The SMILES string of the molecule is CCOc1cc(CNC(=O)C(NC(=O)c2ccccc2C)C(C)C)ccn1. The zero-order valence-corrected chi connectivity index (χ0v) is 16.3. The average Bonchev–Trinajstić information content (AvgIpc) is 2.64. The summed E-state index contributed by atoms with van der Waals surface area (Å²) in [6, 6.07) is 10.3. The maximum absolute atomic E-state index is 12.6. The van der Waals surface area contributed by atoms with E-state index in [0.29, 0.717) is 24.6 Å². The quantitative estimate of drug-likeness (QED) is 0.750. The lowest BCUT2D eigenvalue weighted by Gasteiger charge is -2.22. The van der Waals surface area contributed by atoms with Gasteiger partial charge in [0.2, 0.25) is 11.8 Å². The lowest BCUT2D eigenvalue weighted by Crippen LogP contribution is -2.49. The minimum Gasteiger partial charge on any atom is -0.478 e. The minimum atomic E-state index is -0.620. The van der Waals surface area contributed by atoms with Gasteiger partial charge < -0.3 is 15.4 Å². The zero-order valence-electron chi connectivity index (χ0n) is 16.3. The van der Waals surface area contributed by atoms with Crippen molar-refractivity contribution in [2.75, 3.05) is 6.61 Å². The molecule has 0 saturated heterocycles. The average molecular weight is 369 g/mol. The Morgan fingerprint density at radius 3 is 2.59 bits per heavy atom. The molecule has 2 N–H and O–H groups in total. The molecule has 1 heterocycles. The van der Waals surface area contributed by atoms with Crippen LogP contribution in [-0.2, 0) is 11.3 Å². The summed E-state index contributed by atoms with van der Waals surface area (Å²) in [6.45, 7) is 8.44. The number of carbonyl (C=O) groups is 2. The highest BCUT2D eigenvalue weighted by atomic mass is 16.5. The fourth-order valence-corrected chi connectivity index (χ4v) is 2.67. The van der Waals surface area contributed by atoms with Crippen LogP contribution < -0.4 is 15.4 Å². The molecule has 1 atom stereocenters. The Morgan fingerprint density at radius 1 is 1.19 bits per heavy atom. The Labute approximate surface area is 160 Å². The Balaban J connectivity index is 2.01. The molecule has 0 saturated carbocycles. The second-order valence-electron chi connectivity index (χ2n) is 6.66. The van der Waals surface area contributed by atoms with Gasteiger partial charge >= 0.3 is 0 Å². The first kappa shape index (κ1) is 20.4. The van der Waals surface area contributed by atoms with Crippen molar-refractivity contribution in [1.29, 1.82) is 0 Å². The summed E-state index contributed by atoms with van der Waals surface area (Å²) in [5.74, 6) is 0.0121. The number of nitrogens with zero attached hydrogens (tertiary/aromatic N) is 1. The van der Waals surface area contributed by atoms with Crippen LogP contribution in [-0.4, -0.2) is 29.4 Å². The summed E-state index contributed by atoms with van der Waals surface area (Å²) < 4.78 is 5.37. The van der Waals surface area contributed by atoms with Gasteiger partial charge in [-0.2, -0.15) is 0 Å². The van der Waals surface area contributed by atoms with Gasteiger partial charge in [-0.1, -0.05) is 32.0 Å². The highest BCUT2D eigenvalue weighted by molar-refractivity contribution is 5.98. The molecular formula is C21H27N3O3. The van der Waals surface area contributed by atoms with E-state index in [-0.39, 0.29) is 17.7 Å². The van der Waals surface area contributed by atoms with Crippen molar-refractivity contribution in [3.8, 4) is 5.88 Å². The number of carbonyl (C=O) groups excluding carboxylic acids is 2. The summed E-state index contributed by atoms with van der Waals surface area (Å²) in [5, 5.41) is 5.74. The molecule has 0 aliphatic heterocycles. The van der Waals surface area contributed by atoms with E-state index in [9.17, 15) is 9.59 Å². The van der Waals surface area contributed by atoms with E-state index in [4.69, 9.17) is 4.74 Å². The van der Waals surface area contributed by atoms with Crippen LogP contribution in [0.4, 0.5) is 0 Å². The van der Waals surface area contributed by atoms with Crippen molar-refractivity contribution < 1.29 is 14.3 Å². The second kappa shape index (κ2) is 9.71. The van der Waals surface area contributed by atoms with E-state index in [2.05, 4.69) is 15.6 Å².